The van der Waals surface area contributed by atoms with Crippen molar-refractivity contribution < 1.29 is 76.0 Å². The molecule has 3 aliphatic rings. The molecule has 8 rings (SSSR count). The van der Waals surface area contributed by atoms with Crippen LogP contribution in [0.3, 0.4) is 0 Å². The zero-order valence-electron chi connectivity index (χ0n) is 63.2. The van der Waals surface area contributed by atoms with Crippen LogP contribution in [0, 0.1) is 5.92 Å². The maximum absolute atomic E-state index is 14.3. The third kappa shape index (κ3) is 25.1. The van der Waals surface area contributed by atoms with Gasteiger partial charge >= 0.3 is 23.9 Å². The molecule has 0 aromatic heterocycles. The second-order valence-corrected chi connectivity index (χ2v) is 31.2. The summed E-state index contributed by atoms with van der Waals surface area (Å²) in [6.45, 7) is 12.6. The highest BCUT2D eigenvalue weighted by atomic mass is 32.2. The Bertz CT molecular complexity index is 4220. The lowest BCUT2D eigenvalue weighted by Crippen LogP contribution is -2.46. The summed E-state index contributed by atoms with van der Waals surface area (Å²) in [5, 5.41) is 39.5. The summed E-state index contributed by atoms with van der Waals surface area (Å²) in [7, 11) is -4.10. The number of fused-ring (bicyclic) bond motifs is 2. The molecule has 0 bridgehead atoms. The molecule has 0 saturated heterocycles. The van der Waals surface area contributed by atoms with Gasteiger partial charge in [-0.05, 0) is 155 Å². The molecule has 8 N–H and O–H groups in total. The van der Waals surface area contributed by atoms with E-state index < -0.39 is 75.2 Å². The van der Waals surface area contributed by atoms with Crippen molar-refractivity contribution in [1.82, 2.24) is 21.3 Å². The van der Waals surface area contributed by atoms with E-state index in [1.807, 2.05) is 97.1 Å². The summed E-state index contributed by atoms with van der Waals surface area (Å²) >= 11 is 0. The molecule has 5 aromatic carbocycles. The number of Topliss-reactive ketones (excluding diaryl/α,β-unsaturated/α-hetero) is 2. The van der Waals surface area contributed by atoms with E-state index in [1.54, 1.807) is 0 Å². The lowest BCUT2D eigenvalue weighted by molar-refractivity contribution is -0.438. The number of amides is 4. The van der Waals surface area contributed by atoms with Crippen LogP contribution in [-0.2, 0) is 73.8 Å². The monoisotopic (exact) mass is 1500 g/mol. The van der Waals surface area contributed by atoms with Gasteiger partial charge in [0.25, 0.3) is 10.1 Å². The van der Waals surface area contributed by atoms with Crippen molar-refractivity contribution in [3.05, 3.63) is 208 Å². The summed E-state index contributed by atoms with van der Waals surface area (Å²) in [6.07, 6.45) is 19.3. The van der Waals surface area contributed by atoms with Crippen LogP contribution in [0.2, 0.25) is 0 Å². The number of hydrogen-bond donors (Lipinski definition) is 8. The zero-order chi connectivity index (χ0) is 77.8. The minimum absolute atomic E-state index is 0.00328. The standard InChI is InChI=1S/C86H108N6O15S/c1-6-7-24-53-91-73-37-22-20-35-68(73)85(2,3)76(91)50-44-63-33-27-34-64(45-51-77-86(4,5)69-36-21-23-38-74(69)92(77)54-25-26-55-108(104,105)106)80(63)107-67-47-42-62(43-48-67)58-72(83(101)102)88-78(95)40-19-11-9-8-10-18-39-75(94)71(57-61-31-16-13-17-32-61)89-81(98)65(56-60-29-14-12-15-30-60)59-66(93)46-49-70(82(99)100)90-84(103)87-52-28-41-79(96)97/h12-17,20-23,29-32,35-38,42-45,47-48,50-51,65,70-72H,6-11,18-19,24-28,33-34,39-41,46,49,52-59H2,1-5H3,(H7-,87,88,89,90,95,96,97,98,99,100,101,102,103,104,105,106)/p+1/t65-,70+,71+,72+/m1/s1. The average molecular weight is 1500 g/mol. The Balaban J connectivity index is 0.870. The number of ketones is 2. The number of hydrogen-bond acceptors (Lipinski definition) is 12. The molecule has 578 valence electrons. The number of nitrogens with zero attached hydrogens (tertiary/aromatic N) is 2. The Morgan fingerprint density at radius 2 is 1.21 bits per heavy atom. The van der Waals surface area contributed by atoms with Gasteiger partial charge in [0.15, 0.2) is 11.5 Å². The van der Waals surface area contributed by atoms with Gasteiger partial charge in [-0.15, -0.1) is 0 Å². The van der Waals surface area contributed by atoms with Gasteiger partial charge in [-0.1, -0.05) is 168 Å². The summed E-state index contributed by atoms with van der Waals surface area (Å²) in [4.78, 5) is 106. The van der Waals surface area contributed by atoms with Gasteiger partial charge in [0.1, 0.15) is 35.9 Å². The maximum atomic E-state index is 14.3. The first-order valence-corrected chi connectivity index (χ1v) is 39.9. The predicted octanol–water partition coefficient (Wildman–Crippen LogP) is 14.3. The van der Waals surface area contributed by atoms with Crippen molar-refractivity contribution in [2.75, 3.05) is 30.3 Å². The molecule has 1 aliphatic carbocycles. The van der Waals surface area contributed by atoms with Crippen molar-refractivity contribution in [3.8, 4) is 5.75 Å². The highest BCUT2D eigenvalue weighted by Gasteiger charge is 2.44. The molecule has 22 heteroatoms. The summed E-state index contributed by atoms with van der Waals surface area (Å²) in [5.74, 6) is -4.96. The molecule has 0 fully saturated rings. The molecule has 0 radical (unpaired) electrons. The van der Waals surface area contributed by atoms with Gasteiger partial charge in [0.05, 0.1) is 17.2 Å². The predicted molar refractivity (Wildman–Crippen MR) is 419 cm³/mol. The number of carboxylic acids is 3. The summed E-state index contributed by atoms with van der Waals surface area (Å²) < 4.78 is 42.4. The van der Waals surface area contributed by atoms with Crippen LogP contribution in [-0.4, -0.2) is 129 Å². The van der Waals surface area contributed by atoms with Crippen molar-refractivity contribution in [1.29, 1.82) is 0 Å². The van der Waals surface area contributed by atoms with Crippen molar-refractivity contribution in [2.24, 2.45) is 5.92 Å². The third-order valence-electron chi connectivity index (χ3n) is 20.6. The van der Waals surface area contributed by atoms with Crippen molar-refractivity contribution in [3.63, 3.8) is 0 Å². The van der Waals surface area contributed by atoms with E-state index in [-0.39, 0.29) is 93.6 Å². The van der Waals surface area contributed by atoms with Gasteiger partial charge in [-0.2, -0.15) is 13.0 Å². The quantitative estimate of drug-likeness (QED) is 0.0102. The normalized spacial score (nSPS) is 16.3. The largest absolute Gasteiger partial charge is 0.481 e. The van der Waals surface area contributed by atoms with E-state index >= 15 is 0 Å². The third-order valence-corrected chi connectivity index (χ3v) is 21.4. The minimum Gasteiger partial charge on any atom is -0.481 e. The van der Waals surface area contributed by atoms with Gasteiger partial charge in [-0.3, -0.25) is 28.5 Å². The number of anilines is 1. The fourth-order valence-electron chi connectivity index (χ4n) is 14.7. The number of unbranched alkanes of at least 4 members (excludes halogenated alkanes) is 8. The number of para-hydroxylation sites is 2. The van der Waals surface area contributed by atoms with E-state index in [4.69, 9.17) is 9.84 Å². The van der Waals surface area contributed by atoms with Crippen LogP contribution in [0.5, 0.6) is 5.75 Å². The molecule has 5 aromatic rings. The highest BCUT2D eigenvalue weighted by Crippen LogP contribution is 2.48. The number of carbonyl (C=O) groups is 8. The topological polar surface area (TPSA) is 315 Å². The number of rotatable bonds is 45. The minimum atomic E-state index is -4.10. The van der Waals surface area contributed by atoms with Gasteiger partial charge in [-0.25, -0.2) is 14.4 Å². The van der Waals surface area contributed by atoms with E-state index in [2.05, 4.69) is 126 Å². The highest BCUT2D eigenvalue weighted by molar-refractivity contribution is 7.85. The first-order valence-electron chi connectivity index (χ1n) is 38.3. The Hall–Kier alpha value is -9.80. The Morgan fingerprint density at radius 3 is 1.88 bits per heavy atom. The second-order valence-electron chi connectivity index (χ2n) is 29.7. The Morgan fingerprint density at radius 1 is 0.593 bits per heavy atom. The van der Waals surface area contributed by atoms with E-state index in [9.17, 15) is 61.5 Å². The van der Waals surface area contributed by atoms with Crippen LogP contribution >= 0.6 is 0 Å². The number of allylic oxidation sites excluding steroid dienone is 7. The summed E-state index contributed by atoms with van der Waals surface area (Å²) in [6, 6.07) is 38.3. The smallest absolute Gasteiger partial charge is 0.326 e. The number of nitrogens with one attached hydrogen (secondary N) is 4. The fourth-order valence-corrected chi connectivity index (χ4v) is 15.2. The molecule has 4 amide bonds. The second kappa shape index (κ2) is 41.0. The molecular formula is C86H109N6O15S+. The molecule has 0 spiro atoms. The maximum Gasteiger partial charge on any atom is 0.326 e. The molecule has 21 nitrogen and oxygen atoms in total. The lowest BCUT2D eigenvalue weighted by Gasteiger charge is -2.27. The Kier molecular flexibility index (Phi) is 31.8. The van der Waals surface area contributed by atoms with Crippen LogP contribution in [0.15, 0.2) is 180 Å². The number of carboxylic acid groups (broad SMARTS) is 3. The van der Waals surface area contributed by atoms with E-state index in [0.29, 0.717) is 56.4 Å². The van der Waals surface area contributed by atoms with Crippen molar-refractivity contribution in [2.45, 2.75) is 218 Å². The number of carbonyl (C=O) groups excluding carboxylic acids is 5. The van der Waals surface area contributed by atoms with E-state index in [0.717, 1.165) is 103 Å². The lowest BCUT2D eigenvalue weighted by atomic mass is 9.81. The number of urea groups is 1. The molecule has 4 atom stereocenters. The number of benzene rings is 5. The Labute approximate surface area is 636 Å². The number of ether oxygens (including phenoxy) is 1. The molecule has 2 heterocycles. The average Bonchev–Trinajstić information content (AvgIpc) is 1.60. The number of aliphatic carboxylic acids is 3. The molecule has 0 unspecified atom stereocenters. The molecule has 2 aliphatic heterocycles. The van der Waals surface area contributed by atoms with Gasteiger partial charge in [0.2, 0.25) is 17.5 Å². The summed E-state index contributed by atoms with van der Waals surface area (Å²) in [5.41, 5.74) is 10.7. The van der Waals surface area contributed by atoms with Crippen LogP contribution < -0.4 is 30.9 Å². The van der Waals surface area contributed by atoms with Crippen LogP contribution in [0.4, 0.5) is 16.2 Å². The van der Waals surface area contributed by atoms with Crippen LogP contribution in [0.1, 0.15) is 197 Å². The molecule has 0 saturated carbocycles. The van der Waals surface area contributed by atoms with Crippen LogP contribution in [0.25, 0.3) is 0 Å². The van der Waals surface area contributed by atoms with Crippen molar-refractivity contribution >= 4 is 74.5 Å². The fraction of sp³-hybridized carbons (Fsp3) is 0.453. The SMILES string of the molecule is CCCCC[N+]1=C(/C=C/C2=C(Oc3ccc(C[C@H](NC(=O)CCCCCCCCC(=O)[C@H](Cc4ccccc4)NC(=O)[C@@H](CC(=O)CC[C@H](NC(=O)NCCCC(=O)O)C(=O)O)Cc4ccccc4)C(=O)O)cc3)C(=C/C=C3/N(CCCCS(=O)(=O)O)c4ccccc4C3(C)C)/CCC2)C(C)(C)c2ccccc21. The van der Waals surface area contributed by atoms with E-state index in [1.165, 1.54) is 17.0 Å². The molecular weight excluding hydrogens is 1390 g/mol. The first kappa shape index (κ1) is 83.8. The van der Waals surface area contributed by atoms with Gasteiger partial charge < -0.3 is 46.2 Å². The first-order chi connectivity index (χ1) is 51.7. The zero-order valence-corrected chi connectivity index (χ0v) is 64.0. The molecule has 108 heavy (non-hydrogen) atoms. The van der Waals surface area contributed by atoms with Gasteiger partial charge in [0, 0.05) is 98.5 Å².